The van der Waals surface area contributed by atoms with E-state index in [1.54, 1.807) is 42.3 Å². The Morgan fingerprint density at radius 2 is 2.12 bits per heavy atom. The van der Waals surface area contributed by atoms with Crippen LogP contribution in [0.4, 0.5) is 5.69 Å². The van der Waals surface area contributed by atoms with Crippen molar-refractivity contribution in [2.45, 2.75) is 25.5 Å². The second-order valence-electron chi connectivity index (χ2n) is 6.04. The minimum absolute atomic E-state index is 0.00404. The summed E-state index contributed by atoms with van der Waals surface area (Å²) in [7, 11) is 1.67. The first-order valence-corrected chi connectivity index (χ1v) is 8.20. The van der Waals surface area contributed by atoms with Gasteiger partial charge in [-0.3, -0.25) is 14.9 Å². The number of carbonyl (C=O) groups excluding carboxylic acids is 1. The molecule has 0 saturated heterocycles. The molecule has 1 aliphatic heterocycles. The van der Waals surface area contributed by atoms with Gasteiger partial charge in [0.25, 0.3) is 11.6 Å². The predicted molar refractivity (Wildman–Crippen MR) is 93.9 cm³/mol. The number of hydrogen-bond donors (Lipinski definition) is 0. The second-order valence-corrected chi connectivity index (χ2v) is 6.48. The normalized spacial score (nSPS) is 16.7. The molecule has 1 aliphatic rings. The van der Waals surface area contributed by atoms with Crippen LogP contribution in [0.1, 0.15) is 24.1 Å². The highest BCUT2D eigenvalue weighted by molar-refractivity contribution is 6.30. The van der Waals surface area contributed by atoms with Gasteiger partial charge in [-0.2, -0.15) is 0 Å². The van der Waals surface area contributed by atoms with Crippen LogP contribution in [0.5, 0.6) is 5.75 Å². The number of benzene rings is 2. The highest BCUT2D eigenvalue weighted by Crippen LogP contribution is 2.33. The van der Waals surface area contributed by atoms with E-state index in [4.69, 9.17) is 16.3 Å². The van der Waals surface area contributed by atoms with Crippen molar-refractivity contribution in [3.8, 4) is 5.75 Å². The van der Waals surface area contributed by atoms with Gasteiger partial charge in [0.15, 0.2) is 6.10 Å². The second kappa shape index (κ2) is 6.72. The van der Waals surface area contributed by atoms with E-state index >= 15 is 0 Å². The third kappa shape index (κ3) is 3.44. The lowest BCUT2D eigenvalue weighted by molar-refractivity contribution is -0.384. The molecule has 0 aromatic heterocycles. The van der Waals surface area contributed by atoms with Gasteiger partial charge in [-0.05, 0) is 36.2 Å². The first-order chi connectivity index (χ1) is 11.9. The molecule has 2 aromatic carbocycles. The van der Waals surface area contributed by atoms with Gasteiger partial charge in [-0.25, -0.2) is 0 Å². The zero-order valence-corrected chi connectivity index (χ0v) is 14.6. The monoisotopic (exact) mass is 360 g/mol. The van der Waals surface area contributed by atoms with Crippen molar-refractivity contribution in [1.29, 1.82) is 0 Å². The summed E-state index contributed by atoms with van der Waals surface area (Å²) in [5, 5.41) is 11.5. The molecular formula is C18H17ClN2O4. The Balaban J connectivity index is 1.75. The Morgan fingerprint density at radius 1 is 1.36 bits per heavy atom. The van der Waals surface area contributed by atoms with Gasteiger partial charge in [-0.1, -0.05) is 23.7 Å². The van der Waals surface area contributed by atoms with Crippen LogP contribution in [0.2, 0.25) is 5.02 Å². The van der Waals surface area contributed by atoms with Gasteiger partial charge in [0.05, 0.1) is 11.0 Å². The average molecular weight is 361 g/mol. The molecule has 3 rings (SSSR count). The Bertz CT molecular complexity index is 840. The van der Waals surface area contributed by atoms with Crippen molar-refractivity contribution in [1.82, 2.24) is 4.90 Å². The number of carbonyl (C=O) groups is 1. The molecule has 2 aromatic rings. The fraction of sp³-hybridized carbons (Fsp3) is 0.278. The van der Waals surface area contributed by atoms with E-state index in [2.05, 4.69) is 0 Å². The van der Waals surface area contributed by atoms with Crippen LogP contribution < -0.4 is 4.74 Å². The molecule has 25 heavy (non-hydrogen) atoms. The molecule has 6 nitrogen and oxygen atoms in total. The number of nitro groups is 1. The van der Waals surface area contributed by atoms with Gasteiger partial charge in [0.2, 0.25) is 0 Å². The Hall–Kier alpha value is -2.60. The van der Waals surface area contributed by atoms with E-state index in [0.717, 1.165) is 5.56 Å². The van der Waals surface area contributed by atoms with E-state index in [9.17, 15) is 14.9 Å². The fourth-order valence-electron chi connectivity index (χ4n) is 2.89. The number of rotatable bonds is 4. The van der Waals surface area contributed by atoms with Crippen molar-refractivity contribution in [2.24, 2.45) is 0 Å². The smallest absolute Gasteiger partial charge is 0.269 e. The SMILES string of the molecule is C[C@@H](c1cccc([N+](=O)[O-])c1)N(C)C(=O)[C@H]1Cc2cc(Cl)ccc2O1. The Morgan fingerprint density at radius 3 is 2.84 bits per heavy atom. The van der Waals surface area contributed by atoms with Gasteiger partial charge >= 0.3 is 0 Å². The zero-order chi connectivity index (χ0) is 18.1. The summed E-state index contributed by atoms with van der Waals surface area (Å²) in [4.78, 5) is 24.8. The quantitative estimate of drug-likeness (QED) is 0.614. The minimum atomic E-state index is -0.611. The summed E-state index contributed by atoms with van der Waals surface area (Å²) < 4.78 is 5.73. The summed E-state index contributed by atoms with van der Waals surface area (Å²) in [6.07, 6.45) is -0.152. The minimum Gasteiger partial charge on any atom is -0.480 e. The largest absolute Gasteiger partial charge is 0.480 e. The molecule has 1 amide bonds. The summed E-state index contributed by atoms with van der Waals surface area (Å²) in [6, 6.07) is 11.3. The molecule has 0 N–H and O–H groups in total. The van der Waals surface area contributed by atoms with E-state index in [1.165, 1.54) is 12.1 Å². The molecular weight excluding hydrogens is 344 g/mol. The summed E-state index contributed by atoms with van der Waals surface area (Å²) in [6.45, 7) is 1.83. The number of hydrogen-bond acceptors (Lipinski definition) is 4. The molecule has 0 fully saturated rings. The zero-order valence-electron chi connectivity index (χ0n) is 13.8. The maximum absolute atomic E-state index is 12.8. The number of ether oxygens (including phenoxy) is 1. The molecule has 0 aliphatic carbocycles. The standard InChI is InChI=1S/C18H17ClN2O4/c1-11(12-4-3-5-15(9-12)21(23)24)20(2)18(22)17-10-13-8-14(19)6-7-16(13)25-17/h3-9,11,17H,10H2,1-2H3/t11-,17+/m0/s1. The average Bonchev–Trinajstić information content (AvgIpc) is 3.02. The number of amides is 1. The number of nitrogens with zero attached hydrogens (tertiary/aromatic N) is 2. The van der Waals surface area contributed by atoms with E-state index in [0.29, 0.717) is 22.8 Å². The molecule has 0 bridgehead atoms. The Labute approximate surface area is 150 Å². The van der Waals surface area contributed by atoms with Crippen molar-refractivity contribution in [2.75, 3.05) is 7.05 Å². The summed E-state index contributed by atoms with van der Waals surface area (Å²) in [5.74, 6) is 0.491. The van der Waals surface area contributed by atoms with Crippen molar-refractivity contribution in [3.05, 3.63) is 68.7 Å². The highest BCUT2D eigenvalue weighted by Gasteiger charge is 2.33. The molecule has 0 saturated carbocycles. The molecule has 0 unspecified atom stereocenters. The number of non-ortho nitro benzene ring substituents is 1. The molecule has 130 valence electrons. The third-order valence-electron chi connectivity index (χ3n) is 4.46. The van der Waals surface area contributed by atoms with Crippen molar-refractivity contribution >= 4 is 23.2 Å². The van der Waals surface area contributed by atoms with E-state index in [1.807, 2.05) is 6.92 Å². The third-order valence-corrected chi connectivity index (χ3v) is 4.70. The van der Waals surface area contributed by atoms with Gasteiger partial charge in [-0.15, -0.1) is 0 Å². The summed E-state index contributed by atoms with van der Waals surface area (Å²) >= 11 is 5.98. The van der Waals surface area contributed by atoms with Gasteiger partial charge < -0.3 is 9.64 Å². The van der Waals surface area contributed by atoms with Crippen molar-refractivity contribution in [3.63, 3.8) is 0 Å². The maximum Gasteiger partial charge on any atom is 0.269 e. The van der Waals surface area contributed by atoms with Crippen LogP contribution in [0.3, 0.4) is 0 Å². The molecule has 1 heterocycles. The summed E-state index contributed by atoms with van der Waals surface area (Å²) in [5.41, 5.74) is 1.61. The van der Waals surface area contributed by atoms with Crippen LogP contribution in [0.25, 0.3) is 0 Å². The highest BCUT2D eigenvalue weighted by atomic mass is 35.5. The lowest BCUT2D eigenvalue weighted by atomic mass is 10.0. The first-order valence-electron chi connectivity index (χ1n) is 7.83. The molecule has 0 spiro atoms. The molecule has 2 atom stereocenters. The van der Waals surface area contributed by atoms with Gasteiger partial charge in [0.1, 0.15) is 5.75 Å². The molecule has 7 heteroatoms. The van der Waals surface area contributed by atoms with Crippen LogP contribution >= 0.6 is 11.6 Å². The van der Waals surface area contributed by atoms with E-state index in [-0.39, 0.29) is 17.6 Å². The lowest BCUT2D eigenvalue weighted by Gasteiger charge is -2.27. The van der Waals surface area contributed by atoms with Crippen LogP contribution in [-0.2, 0) is 11.2 Å². The predicted octanol–water partition coefficient (Wildman–Crippen LogP) is 3.77. The van der Waals surface area contributed by atoms with Crippen LogP contribution in [0, 0.1) is 10.1 Å². The van der Waals surface area contributed by atoms with Crippen LogP contribution in [-0.4, -0.2) is 28.9 Å². The number of fused-ring (bicyclic) bond motifs is 1. The Kier molecular flexibility index (Phi) is 4.63. The van der Waals surface area contributed by atoms with Gasteiger partial charge in [0, 0.05) is 30.6 Å². The lowest BCUT2D eigenvalue weighted by Crippen LogP contribution is -2.40. The maximum atomic E-state index is 12.8. The first kappa shape index (κ1) is 17.2. The van der Waals surface area contributed by atoms with E-state index < -0.39 is 11.0 Å². The van der Waals surface area contributed by atoms with Crippen LogP contribution in [0.15, 0.2) is 42.5 Å². The fourth-order valence-corrected chi connectivity index (χ4v) is 3.09. The number of halogens is 1. The topological polar surface area (TPSA) is 72.7 Å². The van der Waals surface area contributed by atoms with Crippen molar-refractivity contribution < 1.29 is 14.5 Å². The number of likely N-dealkylation sites (N-methyl/N-ethyl adjacent to an activating group) is 1. The number of nitro benzene ring substituents is 1. The molecule has 0 radical (unpaired) electrons.